The quantitative estimate of drug-likeness (QED) is 0.626. The summed E-state index contributed by atoms with van der Waals surface area (Å²) in [6.45, 7) is 3.29. The topological polar surface area (TPSA) is 92.6 Å². The molecule has 2 aromatic rings. The van der Waals surface area contributed by atoms with Gasteiger partial charge in [0.2, 0.25) is 11.8 Å². The first-order chi connectivity index (χ1) is 13.4. The average Bonchev–Trinajstić information content (AvgIpc) is 2.67. The molecule has 2 aromatic carbocycles. The van der Waals surface area contributed by atoms with Crippen molar-refractivity contribution in [2.24, 2.45) is 0 Å². The smallest absolute Gasteiger partial charge is 0.274 e. The zero-order chi connectivity index (χ0) is 20.3. The second kappa shape index (κ2) is 8.04. The monoisotopic (exact) mass is 379 g/mol. The number of amides is 2. The fourth-order valence-electron chi connectivity index (χ4n) is 3.41. The summed E-state index contributed by atoms with van der Waals surface area (Å²) in [5.74, 6) is -0.480. The number of fused-ring (bicyclic) bond motifs is 1. The van der Waals surface area contributed by atoms with Gasteiger partial charge in [-0.2, -0.15) is 0 Å². The minimum absolute atomic E-state index is 0.0170. The van der Waals surface area contributed by atoms with Crippen molar-refractivity contribution < 1.29 is 14.5 Å². The third-order valence-corrected chi connectivity index (χ3v) is 4.79. The normalized spacial score (nSPS) is 15.1. The van der Waals surface area contributed by atoms with E-state index in [4.69, 9.17) is 0 Å². The van der Waals surface area contributed by atoms with Crippen LogP contribution in [0.15, 0.2) is 48.7 Å². The van der Waals surface area contributed by atoms with Gasteiger partial charge in [-0.25, -0.2) is 0 Å². The number of benzene rings is 2. The van der Waals surface area contributed by atoms with Crippen molar-refractivity contribution in [2.75, 3.05) is 5.32 Å². The number of anilines is 1. The van der Waals surface area contributed by atoms with Crippen LogP contribution in [0.1, 0.15) is 43.0 Å². The lowest BCUT2D eigenvalue weighted by Crippen LogP contribution is -2.33. The van der Waals surface area contributed by atoms with E-state index in [0.29, 0.717) is 17.7 Å². The Kier molecular flexibility index (Phi) is 5.54. The van der Waals surface area contributed by atoms with E-state index in [1.165, 1.54) is 17.9 Å². The predicted octanol–water partition coefficient (Wildman–Crippen LogP) is 4.06. The van der Waals surface area contributed by atoms with Gasteiger partial charge in [-0.1, -0.05) is 37.3 Å². The predicted molar refractivity (Wildman–Crippen MR) is 106 cm³/mol. The molecule has 28 heavy (non-hydrogen) atoms. The first kappa shape index (κ1) is 19.3. The standard InChI is InChI=1S/C21H21N3O4/c1-3-15-8-9-17(12-19(15)24(27)28)22-21(26)13-20-18-7-5-4-6-16(18)10-11-23(20)14(2)25/h4-12,20H,3,13H2,1-2H3,(H,22,26)/t20-/m1/s1. The molecule has 0 bridgehead atoms. The molecular formula is C21H21N3O4. The molecule has 3 rings (SSSR count). The number of carbonyl (C=O) groups is 2. The summed E-state index contributed by atoms with van der Waals surface area (Å²) < 4.78 is 0. The van der Waals surface area contributed by atoms with E-state index in [0.717, 1.165) is 11.1 Å². The highest BCUT2D eigenvalue weighted by atomic mass is 16.6. The Balaban J connectivity index is 1.82. The van der Waals surface area contributed by atoms with Crippen molar-refractivity contribution in [1.29, 1.82) is 0 Å². The van der Waals surface area contributed by atoms with Gasteiger partial charge in [-0.05, 0) is 29.7 Å². The van der Waals surface area contributed by atoms with Crippen LogP contribution in [0, 0.1) is 10.1 Å². The van der Waals surface area contributed by atoms with Gasteiger partial charge in [0.05, 0.1) is 17.4 Å². The van der Waals surface area contributed by atoms with Crippen molar-refractivity contribution in [3.63, 3.8) is 0 Å². The molecule has 1 N–H and O–H groups in total. The number of carbonyl (C=O) groups excluding carboxylic acids is 2. The minimum atomic E-state index is -0.450. The zero-order valence-corrected chi connectivity index (χ0v) is 15.7. The maximum absolute atomic E-state index is 12.7. The van der Waals surface area contributed by atoms with Gasteiger partial charge in [0.1, 0.15) is 0 Å². The molecule has 1 heterocycles. The maximum atomic E-state index is 12.7. The molecule has 0 fully saturated rings. The zero-order valence-electron chi connectivity index (χ0n) is 15.7. The van der Waals surface area contributed by atoms with Crippen LogP contribution in [0.4, 0.5) is 11.4 Å². The van der Waals surface area contributed by atoms with Gasteiger partial charge in [-0.3, -0.25) is 19.7 Å². The van der Waals surface area contributed by atoms with Crippen LogP contribution < -0.4 is 5.32 Å². The Morgan fingerprint density at radius 1 is 1.21 bits per heavy atom. The Labute approximate surface area is 162 Å². The highest BCUT2D eigenvalue weighted by molar-refractivity contribution is 5.92. The van der Waals surface area contributed by atoms with Crippen molar-refractivity contribution in [1.82, 2.24) is 4.90 Å². The van der Waals surface area contributed by atoms with E-state index >= 15 is 0 Å². The molecule has 0 saturated carbocycles. The molecule has 144 valence electrons. The molecule has 1 aliphatic heterocycles. The lowest BCUT2D eigenvalue weighted by Gasteiger charge is -2.32. The van der Waals surface area contributed by atoms with Gasteiger partial charge in [0.15, 0.2) is 0 Å². The first-order valence-corrected chi connectivity index (χ1v) is 9.04. The molecule has 1 atom stereocenters. The highest BCUT2D eigenvalue weighted by Crippen LogP contribution is 2.33. The van der Waals surface area contributed by atoms with E-state index in [2.05, 4.69) is 5.32 Å². The molecular weight excluding hydrogens is 358 g/mol. The van der Waals surface area contributed by atoms with Gasteiger partial charge in [0, 0.05) is 30.4 Å². The summed E-state index contributed by atoms with van der Waals surface area (Å²) in [5, 5.41) is 14.0. The van der Waals surface area contributed by atoms with E-state index in [-0.39, 0.29) is 23.9 Å². The third-order valence-electron chi connectivity index (χ3n) is 4.79. The Morgan fingerprint density at radius 2 is 1.96 bits per heavy atom. The van der Waals surface area contributed by atoms with Crippen molar-refractivity contribution in [2.45, 2.75) is 32.7 Å². The van der Waals surface area contributed by atoms with Crippen molar-refractivity contribution in [3.8, 4) is 0 Å². The van der Waals surface area contributed by atoms with Crippen LogP contribution in [0.25, 0.3) is 6.08 Å². The largest absolute Gasteiger partial charge is 0.326 e. The van der Waals surface area contributed by atoms with Crippen LogP contribution in [-0.4, -0.2) is 21.6 Å². The maximum Gasteiger partial charge on any atom is 0.274 e. The number of hydrogen-bond donors (Lipinski definition) is 1. The van der Waals surface area contributed by atoms with E-state index in [1.807, 2.05) is 37.3 Å². The van der Waals surface area contributed by atoms with E-state index < -0.39 is 11.0 Å². The van der Waals surface area contributed by atoms with Gasteiger partial charge in [-0.15, -0.1) is 0 Å². The Morgan fingerprint density at radius 3 is 2.64 bits per heavy atom. The fraction of sp³-hybridized carbons (Fsp3) is 0.238. The van der Waals surface area contributed by atoms with Gasteiger partial charge >= 0.3 is 0 Å². The number of nitro benzene ring substituents is 1. The summed E-state index contributed by atoms with van der Waals surface area (Å²) in [7, 11) is 0. The van der Waals surface area contributed by atoms with Gasteiger partial charge < -0.3 is 10.2 Å². The van der Waals surface area contributed by atoms with E-state index in [9.17, 15) is 19.7 Å². The lowest BCUT2D eigenvalue weighted by atomic mass is 9.93. The van der Waals surface area contributed by atoms with Crippen LogP contribution in [0.2, 0.25) is 0 Å². The second-order valence-corrected chi connectivity index (χ2v) is 6.59. The van der Waals surface area contributed by atoms with Crippen LogP contribution in [0.5, 0.6) is 0 Å². The first-order valence-electron chi connectivity index (χ1n) is 9.04. The second-order valence-electron chi connectivity index (χ2n) is 6.59. The summed E-state index contributed by atoms with van der Waals surface area (Å²) in [5.41, 5.74) is 2.81. The summed E-state index contributed by atoms with van der Waals surface area (Å²) >= 11 is 0. The molecule has 7 nitrogen and oxygen atoms in total. The molecule has 0 aromatic heterocycles. The molecule has 0 radical (unpaired) electrons. The molecule has 1 aliphatic rings. The minimum Gasteiger partial charge on any atom is -0.326 e. The van der Waals surface area contributed by atoms with Crippen LogP contribution in [0.3, 0.4) is 0 Å². The summed E-state index contributed by atoms with van der Waals surface area (Å²) in [6, 6.07) is 11.8. The van der Waals surface area contributed by atoms with Crippen molar-refractivity contribution >= 4 is 29.3 Å². The van der Waals surface area contributed by atoms with Crippen molar-refractivity contribution in [3.05, 3.63) is 75.5 Å². The average molecular weight is 379 g/mol. The molecule has 0 aliphatic carbocycles. The summed E-state index contributed by atoms with van der Waals surface area (Å²) in [4.78, 5) is 37.0. The van der Waals surface area contributed by atoms with Crippen LogP contribution in [-0.2, 0) is 16.0 Å². The highest BCUT2D eigenvalue weighted by Gasteiger charge is 2.28. The SMILES string of the molecule is CCc1ccc(NC(=O)C[C@@H]2c3ccccc3C=CN2C(C)=O)cc1[N+](=O)[O-]. The number of hydrogen-bond acceptors (Lipinski definition) is 4. The summed E-state index contributed by atoms with van der Waals surface area (Å²) in [6.07, 6.45) is 4.11. The number of rotatable bonds is 5. The number of nitro groups is 1. The van der Waals surface area contributed by atoms with E-state index in [1.54, 1.807) is 18.3 Å². The molecule has 0 spiro atoms. The third kappa shape index (κ3) is 3.93. The molecule has 7 heteroatoms. The van der Waals surface area contributed by atoms with Gasteiger partial charge in [0.25, 0.3) is 5.69 Å². The molecule has 2 amide bonds. The fourth-order valence-corrected chi connectivity index (χ4v) is 3.41. The lowest BCUT2D eigenvalue weighted by molar-refractivity contribution is -0.385. The Hall–Kier alpha value is -3.48. The Bertz CT molecular complexity index is 968. The number of aryl methyl sites for hydroxylation is 1. The van der Waals surface area contributed by atoms with Crippen LogP contribution >= 0.6 is 0 Å². The molecule has 0 saturated heterocycles. The number of nitrogens with zero attached hydrogens (tertiary/aromatic N) is 2. The molecule has 0 unspecified atom stereocenters. The number of nitrogens with one attached hydrogen (secondary N) is 1.